The van der Waals surface area contributed by atoms with Crippen molar-refractivity contribution < 1.29 is 14.3 Å². The van der Waals surface area contributed by atoms with Crippen LogP contribution in [0, 0.1) is 13.8 Å². The van der Waals surface area contributed by atoms with Gasteiger partial charge >= 0.3 is 5.97 Å². The lowest BCUT2D eigenvalue weighted by Crippen LogP contribution is -2.21. The number of hydrogen-bond donors (Lipinski definition) is 2. The number of carbonyl (C=O) groups is 2. The monoisotopic (exact) mass is 364 g/mol. The number of benzene rings is 2. The van der Waals surface area contributed by atoms with E-state index in [1.54, 1.807) is 0 Å². The average molecular weight is 364 g/mol. The molecule has 0 aliphatic carbocycles. The molecule has 0 saturated heterocycles. The fraction of sp³-hybridized carbons (Fsp3) is 0.273. The molecule has 0 aliphatic rings. The van der Waals surface area contributed by atoms with Crippen LogP contribution in [0.2, 0.25) is 0 Å². The van der Waals surface area contributed by atoms with Gasteiger partial charge in [-0.1, -0.05) is 36.4 Å². The molecular formula is C22H24N2O3. The molecule has 140 valence electrons. The van der Waals surface area contributed by atoms with Crippen LogP contribution in [-0.4, -0.2) is 23.5 Å². The second-order valence-electron chi connectivity index (χ2n) is 6.69. The summed E-state index contributed by atoms with van der Waals surface area (Å²) in [6.07, 6.45) is 3.73. The van der Waals surface area contributed by atoms with Gasteiger partial charge in [0.1, 0.15) is 0 Å². The number of anilines is 1. The molecule has 0 unspecified atom stereocenters. The molecule has 1 amide bonds. The fourth-order valence-corrected chi connectivity index (χ4v) is 3.17. The fourth-order valence-electron chi connectivity index (χ4n) is 3.17. The number of hydrogen-bond acceptors (Lipinski definition) is 3. The summed E-state index contributed by atoms with van der Waals surface area (Å²) in [7, 11) is 0. The molecule has 0 radical (unpaired) electrons. The lowest BCUT2D eigenvalue weighted by atomic mass is 10.1. The van der Waals surface area contributed by atoms with E-state index in [2.05, 4.69) is 16.4 Å². The molecule has 2 N–H and O–H groups in total. The molecule has 3 aromatic rings. The first-order valence-electron chi connectivity index (χ1n) is 9.11. The van der Waals surface area contributed by atoms with Crippen LogP contribution in [0.3, 0.4) is 0 Å². The highest BCUT2D eigenvalue weighted by molar-refractivity contribution is 5.94. The molecule has 5 heteroatoms. The summed E-state index contributed by atoms with van der Waals surface area (Å²) in [5, 5.41) is 3.99. The molecule has 1 aromatic heterocycles. The molecule has 0 bridgehead atoms. The Morgan fingerprint density at radius 2 is 1.78 bits per heavy atom. The molecule has 0 saturated carbocycles. The SMILES string of the molecule is Cc1cccc(C)c1NC(=O)COC(=O)CCCc1c[nH]c2ccccc12. The summed E-state index contributed by atoms with van der Waals surface area (Å²) in [6, 6.07) is 13.9. The number of aromatic amines is 1. The number of para-hydroxylation sites is 2. The number of aryl methyl sites for hydroxylation is 3. The summed E-state index contributed by atoms with van der Waals surface area (Å²) in [5.41, 5.74) is 5.02. The molecule has 0 fully saturated rings. The predicted octanol–water partition coefficient (Wildman–Crippen LogP) is 4.29. The van der Waals surface area contributed by atoms with Crippen molar-refractivity contribution in [2.24, 2.45) is 0 Å². The van der Waals surface area contributed by atoms with Gasteiger partial charge in [-0.2, -0.15) is 0 Å². The summed E-state index contributed by atoms with van der Waals surface area (Å²) in [4.78, 5) is 27.2. The zero-order chi connectivity index (χ0) is 19.2. The maximum absolute atomic E-state index is 12.0. The molecule has 0 spiro atoms. The van der Waals surface area contributed by atoms with E-state index in [9.17, 15) is 9.59 Å². The van der Waals surface area contributed by atoms with E-state index in [1.807, 2.05) is 56.4 Å². The Morgan fingerprint density at radius 3 is 2.56 bits per heavy atom. The van der Waals surface area contributed by atoms with Crippen molar-refractivity contribution in [3.63, 3.8) is 0 Å². The van der Waals surface area contributed by atoms with Crippen molar-refractivity contribution in [1.82, 2.24) is 4.98 Å². The van der Waals surface area contributed by atoms with Gasteiger partial charge < -0.3 is 15.0 Å². The lowest BCUT2D eigenvalue weighted by molar-refractivity contribution is -0.147. The third-order valence-electron chi connectivity index (χ3n) is 4.61. The highest BCUT2D eigenvalue weighted by Gasteiger charge is 2.11. The zero-order valence-corrected chi connectivity index (χ0v) is 15.7. The van der Waals surface area contributed by atoms with Crippen LogP contribution < -0.4 is 5.32 Å². The molecule has 2 aromatic carbocycles. The van der Waals surface area contributed by atoms with Crippen LogP contribution in [0.4, 0.5) is 5.69 Å². The van der Waals surface area contributed by atoms with E-state index in [4.69, 9.17) is 4.74 Å². The van der Waals surface area contributed by atoms with E-state index < -0.39 is 0 Å². The number of carbonyl (C=O) groups excluding carboxylic acids is 2. The number of H-pyrrole nitrogens is 1. The Bertz CT molecular complexity index is 939. The minimum Gasteiger partial charge on any atom is -0.456 e. The predicted molar refractivity (Wildman–Crippen MR) is 107 cm³/mol. The second kappa shape index (κ2) is 8.54. The summed E-state index contributed by atoms with van der Waals surface area (Å²) < 4.78 is 5.10. The van der Waals surface area contributed by atoms with E-state index >= 15 is 0 Å². The van der Waals surface area contributed by atoms with Crippen LogP contribution >= 0.6 is 0 Å². The quantitative estimate of drug-likeness (QED) is 0.614. The van der Waals surface area contributed by atoms with E-state index in [-0.39, 0.29) is 24.9 Å². The maximum Gasteiger partial charge on any atom is 0.306 e. The number of amides is 1. The van der Waals surface area contributed by atoms with Gasteiger partial charge in [-0.05, 0) is 49.4 Å². The normalized spacial score (nSPS) is 10.7. The molecule has 27 heavy (non-hydrogen) atoms. The first-order chi connectivity index (χ1) is 13.0. The molecule has 0 atom stereocenters. The Balaban J connectivity index is 1.42. The third-order valence-corrected chi connectivity index (χ3v) is 4.61. The van der Waals surface area contributed by atoms with Gasteiger partial charge in [0.2, 0.25) is 0 Å². The zero-order valence-electron chi connectivity index (χ0n) is 15.7. The van der Waals surface area contributed by atoms with E-state index in [0.29, 0.717) is 6.42 Å². The number of ether oxygens (including phenoxy) is 1. The van der Waals surface area contributed by atoms with Crippen molar-refractivity contribution >= 4 is 28.5 Å². The van der Waals surface area contributed by atoms with Gasteiger partial charge in [-0.25, -0.2) is 0 Å². The Hall–Kier alpha value is -3.08. The van der Waals surface area contributed by atoms with E-state index in [1.165, 1.54) is 10.9 Å². The number of aromatic nitrogens is 1. The number of fused-ring (bicyclic) bond motifs is 1. The van der Waals surface area contributed by atoms with Gasteiger partial charge in [-0.15, -0.1) is 0 Å². The average Bonchev–Trinajstić information content (AvgIpc) is 3.06. The van der Waals surface area contributed by atoms with Gasteiger partial charge in [0.25, 0.3) is 5.91 Å². The molecule has 0 aliphatic heterocycles. The number of nitrogens with one attached hydrogen (secondary N) is 2. The highest BCUT2D eigenvalue weighted by Crippen LogP contribution is 2.20. The second-order valence-corrected chi connectivity index (χ2v) is 6.69. The van der Waals surface area contributed by atoms with Gasteiger partial charge in [0.05, 0.1) is 0 Å². The van der Waals surface area contributed by atoms with Crippen molar-refractivity contribution in [3.05, 3.63) is 65.4 Å². The van der Waals surface area contributed by atoms with Crippen LogP contribution in [0.1, 0.15) is 29.5 Å². The lowest BCUT2D eigenvalue weighted by Gasteiger charge is -2.11. The van der Waals surface area contributed by atoms with Crippen molar-refractivity contribution in [2.45, 2.75) is 33.1 Å². The topological polar surface area (TPSA) is 71.2 Å². The van der Waals surface area contributed by atoms with E-state index in [0.717, 1.165) is 28.8 Å². The van der Waals surface area contributed by atoms with Gasteiger partial charge in [0, 0.05) is 29.2 Å². The first kappa shape index (κ1) is 18.7. The third kappa shape index (κ3) is 4.76. The highest BCUT2D eigenvalue weighted by atomic mass is 16.5. The van der Waals surface area contributed by atoms with Crippen molar-refractivity contribution in [3.8, 4) is 0 Å². The summed E-state index contributed by atoms with van der Waals surface area (Å²) >= 11 is 0. The largest absolute Gasteiger partial charge is 0.456 e. The summed E-state index contributed by atoms with van der Waals surface area (Å²) in [5.74, 6) is -0.677. The van der Waals surface area contributed by atoms with Crippen LogP contribution in [0.5, 0.6) is 0 Å². The Kier molecular flexibility index (Phi) is 5.91. The standard InChI is InChI=1S/C22H24N2O3/c1-15-7-5-8-16(2)22(15)24-20(25)14-27-21(26)12-6-9-17-13-23-19-11-4-3-10-18(17)19/h3-5,7-8,10-11,13,23H,6,9,12,14H2,1-2H3,(H,24,25). The minimum absolute atomic E-state index is 0.264. The maximum atomic E-state index is 12.0. The van der Waals surface area contributed by atoms with Crippen LogP contribution in [0.15, 0.2) is 48.7 Å². The van der Waals surface area contributed by atoms with Crippen molar-refractivity contribution in [2.75, 3.05) is 11.9 Å². The molecular weight excluding hydrogens is 340 g/mol. The molecule has 5 nitrogen and oxygen atoms in total. The van der Waals surface area contributed by atoms with Gasteiger partial charge in [0.15, 0.2) is 6.61 Å². The van der Waals surface area contributed by atoms with Crippen LogP contribution in [0.25, 0.3) is 10.9 Å². The Morgan fingerprint density at radius 1 is 1.04 bits per heavy atom. The molecule has 1 heterocycles. The smallest absolute Gasteiger partial charge is 0.306 e. The van der Waals surface area contributed by atoms with Crippen LogP contribution in [-0.2, 0) is 20.7 Å². The minimum atomic E-state index is -0.355. The van der Waals surface area contributed by atoms with Crippen molar-refractivity contribution in [1.29, 1.82) is 0 Å². The summed E-state index contributed by atoms with van der Waals surface area (Å²) in [6.45, 7) is 3.60. The number of rotatable bonds is 7. The first-order valence-corrected chi connectivity index (χ1v) is 9.11. The Labute approximate surface area is 158 Å². The number of esters is 1. The molecule has 3 rings (SSSR count). The van der Waals surface area contributed by atoms with Gasteiger partial charge in [-0.3, -0.25) is 9.59 Å².